The second-order valence-electron chi connectivity index (χ2n) is 3.91. The Hall–Kier alpha value is -1.86. The lowest BCUT2D eigenvalue weighted by Crippen LogP contribution is -2.19. The number of benzene rings is 1. The van der Waals surface area contributed by atoms with E-state index in [1.54, 1.807) is 11.4 Å². The Morgan fingerprint density at radius 3 is 2.67 bits per heavy atom. The molecule has 18 heavy (non-hydrogen) atoms. The molecule has 1 aromatic carbocycles. The van der Waals surface area contributed by atoms with Gasteiger partial charge >= 0.3 is 0 Å². The van der Waals surface area contributed by atoms with Crippen LogP contribution >= 0.6 is 24.4 Å². The highest BCUT2D eigenvalue weighted by atomic mass is 32.1. The van der Waals surface area contributed by atoms with Crippen molar-refractivity contribution in [3.05, 3.63) is 39.2 Å². The summed E-state index contributed by atoms with van der Waals surface area (Å²) < 4.78 is 3.91. The van der Waals surface area contributed by atoms with E-state index < -0.39 is 0 Å². The van der Waals surface area contributed by atoms with Gasteiger partial charge in [0.25, 0.3) is 5.78 Å². The molecule has 2 aromatic heterocycles. The third-order valence-electron chi connectivity index (χ3n) is 2.73. The lowest BCUT2D eigenvalue weighted by atomic mass is 10.2. The molecule has 0 bridgehead atoms. The van der Waals surface area contributed by atoms with Crippen LogP contribution in [-0.4, -0.2) is 19.3 Å². The van der Waals surface area contributed by atoms with Crippen LogP contribution in [0, 0.1) is 16.2 Å². The van der Waals surface area contributed by atoms with Crippen LogP contribution in [0.4, 0.5) is 0 Å². The Labute approximate surface area is 112 Å². The smallest absolute Gasteiger partial charge is 0.252 e. The summed E-state index contributed by atoms with van der Waals surface area (Å²) in [6, 6.07) is 7.61. The molecule has 0 radical (unpaired) electrons. The zero-order chi connectivity index (χ0) is 12.9. The van der Waals surface area contributed by atoms with E-state index >= 15 is 0 Å². The van der Waals surface area contributed by atoms with Crippen LogP contribution in [0.25, 0.3) is 16.7 Å². The standard InChI is InChI=1S/C11H9N5S2/c1-6-9(17)15(12)11-13-8-5-3-2-4-7(8)10(18)16(11)14-6/h2-5H,12H2,1H3. The van der Waals surface area contributed by atoms with E-state index in [0.29, 0.717) is 20.8 Å². The molecule has 5 nitrogen and oxygen atoms in total. The van der Waals surface area contributed by atoms with E-state index in [1.807, 2.05) is 24.3 Å². The number of para-hydroxylation sites is 1. The van der Waals surface area contributed by atoms with E-state index in [2.05, 4.69) is 10.1 Å². The van der Waals surface area contributed by atoms with E-state index in [4.69, 9.17) is 30.3 Å². The maximum absolute atomic E-state index is 5.92. The molecule has 0 aliphatic heterocycles. The third-order valence-corrected chi connectivity index (χ3v) is 3.62. The lowest BCUT2D eigenvalue weighted by Gasteiger charge is -2.09. The average molecular weight is 275 g/mol. The number of aromatic nitrogens is 4. The third kappa shape index (κ3) is 1.44. The molecule has 3 rings (SSSR count). The second-order valence-corrected chi connectivity index (χ2v) is 4.68. The predicted octanol–water partition coefficient (Wildman–Crippen LogP) is 2.17. The first kappa shape index (κ1) is 11.2. The molecule has 0 fully saturated rings. The van der Waals surface area contributed by atoms with Crippen LogP contribution in [0.3, 0.4) is 0 Å². The number of fused-ring (bicyclic) bond motifs is 2. The minimum absolute atomic E-state index is 0.439. The van der Waals surface area contributed by atoms with Crippen molar-refractivity contribution < 1.29 is 0 Å². The number of nitrogen functional groups attached to an aromatic ring is 1. The van der Waals surface area contributed by atoms with Gasteiger partial charge in [0.05, 0.1) is 11.2 Å². The highest BCUT2D eigenvalue weighted by Gasteiger charge is 2.07. The largest absolute Gasteiger partial charge is 0.335 e. The molecule has 0 saturated heterocycles. The Balaban J connectivity index is 2.69. The van der Waals surface area contributed by atoms with Gasteiger partial charge in [-0.2, -0.15) is 9.61 Å². The van der Waals surface area contributed by atoms with Crippen molar-refractivity contribution in [3.8, 4) is 0 Å². The number of aryl methyl sites for hydroxylation is 1. The van der Waals surface area contributed by atoms with E-state index in [1.165, 1.54) is 4.68 Å². The summed E-state index contributed by atoms with van der Waals surface area (Å²) in [6.45, 7) is 1.79. The molecule has 2 N–H and O–H groups in total. The molecule has 0 unspecified atom stereocenters. The van der Waals surface area contributed by atoms with Gasteiger partial charge in [-0.15, -0.1) is 0 Å². The highest BCUT2D eigenvalue weighted by Crippen LogP contribution is 2.14. The summed E-state index contributed by atoms with van der Waals surface area (Å²) >= 11 is 10.6. The van der Waals surface area contributed by atoms with Crippen molar-refractivity contribution in [2.24, 2.45) is 0 Å². The van der Waals surface area contributed by atoms with E-state index in [0.717, 1.165) is 10.9 Å². The highest BCUT2D eigenvalue weighted by molar-refractivity contribution is 7.71. The normalized spacial score (nSPS) is 11.2. The Kier molecular flexibility index (Phi) is 2.39. The Morgan fingerprint density at radius 1 is 1.17 bits per heavy atom. The van der Waals surface area contributed by atoms with Crippen molar-refractivity contribution in [2.45, 2.75) is 6.92 Å². The maximum atomic E-state index is 5.92. The fourth-order valence-electron chi connectivity index (χ4n) is 1.82. The summed E-state index contributed by atoms with van der Waals surface area (Å²) in [7, 11) is 0. The number of nitrogens with zero attached hydrogens (tertiary/aromatic N) is 4. The molecule has 90 valence electrons. The minimum atomic E-state index is 0.439. The van der Waals surface area contributed by atoms with E-state index in [9.17, 15) is 0 Å². The first-order valence-corrected chi connectivity index (χ1v) is 6.08. The minimum Gasteiger partial charge on any atom is -0.335 e. The fraction of sp³-hybridized carbons (Fsp3) is 0.0909. The zero-order valence-electron chi connectivity index (χ0n) is 9.49. The van der Waals surface area contributed by atoms with Crippen molar-refractivity contribution in [1.82, 2.24) is 19.3 Å². The first-order chi connectivity index (χ1) is 8.59. The fourth-order valence-corrected chi connectivity index (χ4v) is 2.23. The molecule has 0 saturated carbocycles. The zero-order valence-corrected chi connectivity index (χ0v) is 11.1. The topological polar surface area (TPSA) is 61.1 Å². The molecule has 0 spiro atoms. The molecular formula is C11H9N5S2. The van der Waals surface area contributed by atoms with Gasteiger partial charge in [0.1, 0.15) is 4.64 Å². The average Bonchev–Trinajstić information content (AvgIpc) is 2.38. The molecule has 3 aromatic rings. The SMILES string of the molecule is Cc1nn2c(=S)c3ccccc3nc2n(N)c1=S. The van der Waals surface area contributed by atoms with Gasteiger partial charge < -0.3 is 5.84 Å². The molecule has 0 atom stereocenters. The van der Waals surface area contributed by atoms with Crippen LogP contribution in [0.15, 0.2) is 24.3 Å². The molecule has 7 heteroatoms. The van der Waals surface area contributed by atoms with Crippen molar-refractivity contribution in [1.29, 1.82) is 0 Å². The van der Waals surface area contributed by atoms with Crippen LogP contribution in [0.2, 0.25) is 0 Å². The summed E-state index contributed by atoms with van der Waals surface area (Å²) in [6.07, 6.45) is 0. The summed E-state index contributed by atoms with van der Waals surface area (Å²) in [5, 5.41) is 5.20. The summed E-state index contributed by atoms with van der Waals surface area (Å²) in [5.41, 5.74) is 1.43. The number of hydrogen-bond acceptors (Lipinski definition) is 5. The molecule has 0 aliphatic carbocycles. The summed E-state index contributed by atoms with van der Waals surface area (Å²) in [4.78, 5) is 4.45. The van der Waals surface area contributed by atoms with Crippen LogP contribution in [0.1, 0.15) is 5.69 Å². The monoisotopic (exact) mass is 275 g/mol. The quantitative estimate of drug-likeness (QED) is 0.387. The van der Waals surface area contributed by atoms with Gasteiger partial charge in [-0.25, -0.2) is 9.66 Å². The number of rotatable bonds is 0. The number of hydrogen-bond donors (Lipinski definition) is 1. The predicted molar refractivity (Wildman–Crippen MR) is 75.0 cm³/mol. The Morgan fingerprint density at radius 2 is 1.89 bits per heavy atom. The van der Waals surface area contributed by atoms with Gasteiger partial charge in [-0.3, -0.25) is 0 Å². The summed E-state index contributed by atoms with van der Waals surface area (Å²) in [5.74, 6) is 6.36. The van der Waals surface area contributed by atoms with Gasteiger partial charge in [-0.05, 0) is 19.1 Å². The van der Waals surface area contributed by atoms with Gasteiger partial charge in [0.15, 0.2) is 4.64 Å². The lowest BCUT2D eigenvalue weighted by molar-refractivity contribution is 0.778. The van der Waals surface area contributed by atoms with Crippen LogP contribution < -0.4 is 5.84 Å². The van der Waals surface area contributed by atoms with Crippen molar-refractivity contribution in [2.75, 3.05) is 5.84 Å². The van der Waals surface area contributed by atoms with Crippen molar-refractivity contribution in [3.63, 3.8) is 0 Å². The van der Waals surface area contributed by atoms with Crippen LogP contribution in [-0.2, 0) is 0 Å². The van der Waals surface area contributed by atoms with Gasteiger partial charge in [0, 0.05) is 5.39 Å². The molecule has 0 amide bonds. The Bertz CT molecular complexity index is 893. The van der Waals surface area contributed by atoms with E-state index in [-0.39, 0.29) is 0 Å². The van der Waals surface area contributed by atoms with Gasteiger partial charge in [-0.1, -0.05) is 36.6 Å². The second kappa shape index (κ2) is 3.82. The number of nitrogens with two attached hydrogens (primary N) is 1. The van der Waals surface area contributed by atoms with Crippen LogP contribution in [0.5, 0.6) is 0 Å². The van der Waals surface area contributed by atoms with Gasteiger partial charge in [0.2, 0.25) is 0 Å². The molecule has 0 aliphatic rings. The molecule has 2 heterocycles. The van der Waals surface area contributed by atoms with Crippen molar-refractivity contribution >= 4 is 41.1 Å². The maximum Gasteiger partial charge on any atom is 0.252 e. The first-order valence-electron chi connectivity index (χ1n) is 5.26. The molecular weight excluding hydrogens is 266 g/mol.